The monoisotopic (exact) mass is 487 g/mol. The molecule has 4 rings (SSSR count). The molecular weight excluding hydrogens is 454 g/mol. The first-order chi connectivity index (χ1) is 17.5. The normalized spacial score (nSPS) is 15.3. The number of nitriles is 1. The number of hydrogen-bond acceptors (Lipinski definition) is 6. The number of nitrogens with one attached hydrogen (secondary N) is 1. The highest BCUT2D eigenvalue weighted by atomic mass is 16.5. The third-order valence-electron chi connectivity index (χ3n) is 6.68. The van der Waals surface area contributed by atoms with Gasteiger partial charge in [-0.25, -0.2) is 0 Å². The lowest BCUT2D eigenvalue weighted by atomic mass is 9.88. The number of benzene rings is 2. The molecule has 1 atom stereocenters. The van der Waals surface area contributed by atoms with E-state index in [0.717, 1.165) is 42.8 Å². The first-order valence-corrected chi connectivity index (χ1v) is 12.5. The molecule has 1 aromatic heterocycles. The van der Waals surface area contributed by atoms with Crippen LogP contribution in [0.4, 0.5) is 0 Å². The molecule has 1 aliphatic rings. The van der Waals surface area contributed by atoms with Crippen LogP contribution in [0, 0.1) is 18.3 Å². The molecule has 2 aromatic carbocycles. The number of H-pyrrole nitrogens is 1. The van der Waals surface area contributed by atoms with E-state index >= 15 is 0 Å². The number of likely N-dealkylation sites (tertiary alicyclic amines) is 1. The lowest BCUT2D eigenvalue weighted by Gasteiger charge is -2.33. The van der Waals surface area contributed by atoms with Crippen LogP contribution in [0.5, 0.6) is 11.5 Å². The number of aryl methyl sites for hydroxylation is 1. The maximum Gasteiger partial charge on any atom is 0.266 e. The number of aliphatic hydroxyl groups excluding tert-OH is 1. The van der Waals surface area contributed by atoms with Crippen LogP contribution >= 0.6 is 0 Å². The van der Waals surface area contributed by atoms with E-state index in [0.29, 0.717) is 30.5 Å². The second-order valence-corrected chi connectivity index (χ2v) is 9.20. The summed E-state index contributed by atoms with van der Waals surface area (Å²) in [6, 6.07) is 19.3. The van der Waals surface area contributed by atoms with E-state index in [-0.39, 0.29) is 17.7 Å². The smallest absolute Gasteiger partial charge is 0.266 e. The van der Waals surface area contributed by atoms with Gasteiger partial charge >= 0.3 is 0 Å². The van der Waals surface area contributed by atoms with Gasteiger partial charge in [-0.2, -0.15) is 5.26 Å². The molecule has 2 heterocycles. The highest BCUT2D eigenvalue weighted by Gasteiger charge is 2.24. The van der Waals surface area contributed by atoms with Crippen LogP contribution in [-0.4, -0.2) is 53.9 Å². The summed E-state index contributed by atoms with van der Waals surface area (Å²) in [7, 11) is 0. The maximum absolute atomic E-state index is 11.8. The number of hydrogen-bond donors (Lipinski definition) is 2. The summed E-state index contributed by atoms with van der Waals surface area (Å²) in [5, 5.41) is 19.7. The second kappa shape index (κ2) is 11.9. The lowest BCUT2D eigenvalue weighted by molar-refractivity contribution is 0.0593. The van der Waals surface area contributed by atoms with Crippen molar-refractivity contribution >= 4 is 0 Å². The minimum atomic E-state index is -0.587. The first kappa shape index (κ1) is 25.5. The average Bonchev–Trinajstić information content (AvgIpc) is 2.89. The highest BCUT2D eigenvalue weighted by molar-refractivity contribution is 5.67. The Morgan fingerprint density at radius 3 is 2.56 bits per heavy atom. The van der Waals surface area contributed by atoms with Gasteiger partial charge in [0.15, 0.2) is 0 Å². The van der Waals surface area contributed by atoms with Crippen LogP contribution < -0.4 is 15.0 Å². The van der Waals surface area contributed by atoms with Gasteiger partial charge in [0.1, 0.15) is 35.8 Å². The number of rotatable bonds is 9. The molecule has 3 aromatic rings. The summed E-state index contributed by atoms with van der Waals surface area (Å²) < 4.78 is 11.6. The Balaban J connectivity index is 1.27. The predicted octanol–water partition coefficient (Wildman–Crippen LogP) is 4.24. The van der Waals surface area contributed by atoms with Crippen molar-refractivity contribution in [3.05, 3.63) is 81.8 Å². The van der Waals surface area contributed by atoms with E-state index < -0.39 is 6.10 Å². The molecule has 1 fully saturated rings. The number of β-amino-alcohol motifs (C(OH)–C–C–N with tert-alkyl or cyclic N) is 1. The van der Waals surface area contributed by atoms with Crippen molar-refractivity contribution in [3.8, 4) is 28.7 Å². The maximum atomic E-state index is 11.8. The summed E-state index contributed by atoms with van der Waals surface area (Å²) in [6.45, 7) is 7.13. The number of piperidine rings is 1. The Kier molecular flexibility index (Phi) is 8.42. The van der Waals surface area contributed by atoms with Crippen molar-refractivity contribution in [1.29, 1.82) is 5.26 Å². The summed E-state index contributed by atoms with van der Waals surface area (Å²) >= 11 is 0. The Labute approximate surface area is 211 Å². The summed E-state index contributed by atoms with van der Waals surface area (Å²) in [5.74, 6) is 2.12. The Morgan fingerprint density at radius 1 is 1.14 bits per heavy atom. The van der Waals surface area contributed by atoms with E-state index in [1.165, 1.54) is 5.56 Å². The molecule has 188 valence electrons. The molecule has 1 unspecified atom stereocenters. The average molecular weight is 488 g/mol. The number of para-hydroxylation sites is 1. The van der Waals surface area contributed by atoms with Crippen LogP contribution in [0.2, 0.25) is 0 Å². The summed E-state index contributed by atoms with van der Waals surface area (Å²) in [6.07, 6.45) is 1.49. The standard InChI is InChI=1S/C29H33N3O4/c1-3-35-28-7-5-4-6-26(28)22-12-14-32(15-13-22)18-24(33)19-36-25-10-8-21(9-11-25)27-16-23(17-30)29(34)31-20(27)2/h4-11,16,22,24,33H,3,12-15,18-19H2,1-2H3,(H,31,34). The van der Waals surface area contributed by atoms with Crippen molar-refractivity contribution < 1.29 is 14.6 Å². The zero-order valence-corrected chi connectivity index (χ0v) is 20.9. The van der Waals surface area contributed by atoms with Gasteiger partial charge in [0.25, 0.3) is 5.56 Å². The highest BCUT2D eigenvalue weighted by Crippen LogP contribution is 2.34. The van der Waals surface area contributed by atoms with Gasteiger partial charge < -0.3 is 24.5 Å². The van der Waals surface area contributed by atoms with E-state index in [2.05, 4.69) is 22.0 Å². The van der Waals surface area contributed by atoms with E-state index in [9.17, 15) is 9.90 Å². The quantitative estimate of drug-likeness (QED) is 0.469. The first-order valence-electron chi connectivity index (χ1n) is 12.5. The largest absolute Gasteiger partial charge is 0.494 e. The van der Waals surface area contributed by atoms with Crippen LogP contribution in [0.25, 0.3) is 11.1 Å². The zero-order chi connectivity index (χ0) is 25.5. The van der Waals surface area contributed by atoms with Crippen LogP contribution in [0.1, 0.15) is 42.5 Å². The molecule has 0 aliphatic carbocycles. The number of pyridine rings is 1. The Bertz CT molecular complexity index is 1250. The van der Waals surface area contributed by atoms with Gasteiger partial charge in [-0.15, -0.1) is 0 Å². The zero-order valence-electron chi connectivity index (χ0n) is 20.9. The third-order valence-corrected chi connectivity index (χ3v) is 6.68. The molecule has 7 nitrogen and oxygen atoms in total. The molecule has 0 saturated carbocycles. The van der Waals surface area contributed by atoms with Crippen LogP contribution in [0.15, 0.2) is 59.4 Å². The lowest BCUT2D eigenvalue weighted by Crippen LogP contribution is -2.40. The molecule has 7 heteroatoms. The molecule has 1 saturated heterocycles. The van der Waals surface area contributed by atoms with Crippen molar-refractivity contribution in [3.63, 3.8) is 0 Å². The number of aromatic nitrogens is 1. The Hall–Kier alpha value is -3.60. The fraction of sp³-hybridized carbons (Fsp3) is 0.379. The van der Waals surface area contributed by atoms with E-state index in [4.69, 9.17) is 14.7 Å². The van der Waals surface area contributed by atoms with Gasteiger partial charge in [0, 0.05) is 17.8 Å². The number of ether oxygens (including phenoxy) is 2. The SMILES string of the molecule is CCOc1ccccc1C1CCN(CC(O)COc2ccc(-c3cc(C#N)c(=O)[nH]c3C)cc2)CC1. The van der Waals surface area contributed by atoms with Crippen LogP contribution in [-0.2, 0) is 0 Å². The molecule has 36 heavy (non-hydrogen) atoms. The minimum absolute atomic E-state index is 0.0848. The van der Waals surface area contributed by atoms with Gasteiger partial charge in [0.2, 0.25) is 0 Å². The van der Waals surface area contributed by atoms with Gasteiger partial charge in [-0.3, -0.25) is 4.79 Å². The van der Waals surface area contributed by atoms with Gasteiger partial charge in [-0.05, 0) is 81.1 Å². The van der Waals surface area contributed by atoms with E-state index in [1.54, 1.807) is 13.0 Å². The molecule has 0 radical (unpaired) electrons. The molecule has 2 N–H and O–H groups in total. The Morgan fingerprint density at radius 2 is 1.86 bits per heavy atom. The number of aliphatic hydroxyl groups is 1. The number of aromatic amines is 1. The molecule has 0 amide bonds. The molecule has 1 aliphatic heterocycles. The van der Waals surface area contributed by atoms with Gasteiger partial charge in [0.05, 0.1) is 6.61 Å². The minimum Gasteiger partial charge on any atom is -0.494 e. The fourth-order valence-electron chi connectivity index (χ4n) is 4.81. The second-order valence-electron chi connectivity index (χ2n) is 9.20. The van der Waals surface area contributed by atoms with E-state index in [1.807, 2.05) is 49.4 Å². The van der Waals surface area contributed by atoms with Crippen molar-refractivity contribution in [1.82, 2.24) is 9.88 Å². The molecular formula is C29H33N3O4. The van der Waals surface area contributed by atoms with Crippen molar-refractivity contribution in [2.75, 3.05) is 32.8 Å². The topological polar surface area (TPSA) is 98.6 Å². The van der Waals surface area contributed by atoms with Gasteiger partial charge in [-0.1, -0.05) is 30.3 Å². The molecule has 0 bridgehead atoms. The fourth-order valence-corrected chi connectivity index (χ4v) is 4.81. The van der Waals surface area contributed by atoms with Crippen molar-refractivity contribution in [2.45, 2.75) is 38.7 Å². The predicted molar refractivity (Wildman–Crippen MR) is 139 cm³/mol. The number of nitrogens with zero attached hydrogens (tertiary/aromatic N) is 2. The van der Waals surface area contributed by atoms with Crippen molar-refractivity contribution in [2.24, 2.45) is 0 Å². The van der Waals surface area contributed by atoms with Crippen LogP contribution in [0.3, 0.4) is 0 Å². The molecule has 0 spiro atoms. The summed E-state index contributed by atoms with van der Waals surface area (Å²) in [5.41, 5.74) is 3.36. The summed E-state index contributed by atoms with van der Waals surface area (Å²) in [4.78, 5) is 16.8. The third kappa shape index (κ3) is 6.14.